The van der Waals surface area contributed by atoms with Crippen molar-refractivity contribution in [2.45, 2.75) is 28.2 Å². The number of hydrogen-bond donors (Lipinski definition) is 0. The largest absolute Gasteiger partial charge is 0.478 e. The van der Waals surface area contributed by atoms with Gasteiger partial charge >= 0.3 is 11.9 Å². The number of halogens is 1. The zero-order valence-corrected chi connectivity index (χ0v) is 26.7. The maximum absolute atomic E-state index is 13.0. The smallest absolute Gasteiger partial charge is 0.344 e. The molecule has 3 aromatic carbocycles. The van der Waals surface area contributed by atoms with Crippen molar-refractivity contribution in [1.29, 1.82) is 0 Å². The number of hydrogen-bond acceptors (Lipinski definition) is 12. The van der Waals surface area contributed by atoms with Gasteiger partial charge in [0.15, 0.2) is 34.6 Å². The molecule has 12 nitrogen and oxygen atoms in total. The first-order valence-corrected chi connectivity index (χ1v) is 18.4. The molecule has 0 bridgehead atoms. The molecule has 0 spiro atoms. The molecule has 0 saturated carbocycles. The first-order chi connectivity index (χ1) is 20.6. The summed E-state index contributed by atoms with van der Waals surface area (Å²) in [5.41, 5.74) is 0.846. The molecule has 0 aromatic heterocycles. The number of esters is 2. The fourth-order valence-corrected chi connectivity index (χ4v) is 9.28. The van der Waals surface area contributed by atoms with Crippen molar-refractivity contribution in [3.63, 3.8) is 0 Å². The number of aryl methyl sites for hydroxylation is 2. The van der Waals surface area contributed by atoms with Gasteiger partial charge in [0.2, 0.25) is 14.4 Å². The molecule has 0 saturated heterocycles. The molecule has 0 fully saturated rings. The van der Waals surface area contributed by atoms with Crippen molar-refractivity contribution < 1.29 is 53.8 Å². The van der Waals surface area contributed by atoms with Gasteiger partial charge in [-0.2, -0.15) is 0 Å². The summed E-state index contributed by atoms with van der Waals surface area (Å²) in [4.78, 5) is 24.4. The second-order valence-corrected chi connectivity index (χ2v) is 16.5. The summed E-state index contributed by atoms with van der Waals surface area (Å²) in [6.07, 6.45) is 0. The lowest BCUT2D eigenvalue weighted by Gasteiger charge is -2.17. The van der Waals surface area contributed by atoms with Gasteiger partial charge in [-0.25, -0.2) is 34.8 Å². The van der Waals surface area contributed by atoms with E-state index >= 15 is 0 Å². The summed E-state index contributed by atoms with van der Waals surface area (Å²) >= 11 is 0. The number of carbonyl (C=O) groups is 2. The van der Waals surface area contributed by atoms with Crippen LogP contribution >= 0.6 is 10.7 Å². The van der Waals surface area contributed by atoms with Crippen molar-refractivity contribution in [2.75, 3.05) is 32.2 Å². The van der Waals surface area contributed by atoms with E-state index in [1.54, 1.807) is 37.3 Å². The van der Waals surface area contributed by atoms with Crippen molar-refractivity contribution >= 4 is 51.3 Å². The Hall–Kier alpha value is -3.66. The van der Waals surface area contributed by atoms with E-state index in [1.165, 1.54) is 49.4 Å². The highest BCUT2D eigenvalue weighted by molar-refractivity contribution is 8.22. The minimum absolute atomic E-state index is 0.00609. The van der Waals surface area contributed by atoms with Gasteiger partial charge in [-0.1, -0.05) is 48.5 Å². The topological polar surface area (TPSA) is 173 Å². The molecule has 0 aliphatic rings. The van der Waals surface area contributed by atoms with Crippen molar-refractivity contribution in [3.05, 3.63) is 83.9 Å². The van der Waals surface area contributed by atoms with Crippen LogP contribution in [0.2, 0.25) is 0 Å². The van der Waals surface area contributed by atoms with Gasteiger partial charge < -0.3 is 18.9 Å². The Morgan fingerprint density at radius 3 is 1.64 bits per heavy atom. The Morgan fingerprint density at radius 2 is 1.14 bits per heavy atom. The fraction of sp³-hybridized carbons (Fsp3) is 0.286. The predicted molar refractivity (Wildman–Crippen MR) is 160 cm³/mol. The monoisotopic (exact) mass is 688 g/mol. The first-order valence-electron chi connectivity index (χ1n) is 12.8. The average molecular weight is 689 g/mol. The Bertz CT molecular complexity index is 1820. The SMILES string of the molecule is Cc1ccccc1S(=O)(=O)CCOC(=O)COc1ccccc1OCC(=O)OCC(S(=O)(=O)Cl)S(=O)(=O)c1ccccc1C. The van der Waals surface area contributed by atoms with Gasteiger partial charge in [-0.15, -0.1) is 0 Å². The highest BCUT2D eigenvalue weighted by Gasteiger charge is 2.40. The third-order valence-electron chi connectivity index (χ3n) is 6.02. The van der Waals surface area contributed by atoms with Gasteiger partial charge in [0.1, 0.15) is 13.2 Å². The lowest BCUT2D eigenvalue weighted by atomic mass is 10.2. The van der Waals surface area contributed by atoms with Crippen LogP contribution in [-0.2, 0) is 47.8 Å². The van der Waals surface area contributed by atoms with Crippen molar-refractivity contribution in [1.82, 2.24) is 0 Å². The maximum Gasteiger partial charge on any atom is 0.344 e. The van der Waals surface area contributed by atoms with Crippen molar-refractivity contribution in [2.24, 2.45) is 0 Å². The number of rotatable bonds is 15. The summed E-state index contributed by atoms with van der Waals surface area (Å²) in [5, 5.41) is 0. The molecule has 0 amide bonds. The Morgan fingerprint density at radius 1 is 0.682 bits per heavy atom. The molecule has 44 heavy (non-hydrogen) atoms. The van der Waals surface area contributed by atoms with Crippen LogP contribution in [0.1, 0.15) is 11.1 Å². The fourth-order valence-electron chi connectivity index (χ4n) is 3.83. The number of carbonyl (C=O) groups excluding carboxylic acids is 2. The molecule has 238 valence electrons. The molecule has 0 aliphatic carbocycles. The van der Waals surface area contributed by atoms with Crippen LogP contribution in [0, 0.1) is 13.8 Å². The molecule has 0 radical (unpaired) electrons. The normalized spacial score (nSPS) is 12.6. The van der Waals surface area contributed by atoms with Crippen LogP contribution in [0.25, 0.3) is 0 Å². The van der Waals surface area contributed by atoms with E-state index in [1.807, 2.05) is 0 Å². The Kier molecular flexibility index (Phi) is 11.8. The van der Waals surface area contributed by atoms with E-state index in [4.69, 9.17) is 29.6 Å². The van der Waals surface area contributed by atoms with Gasteiger partial charge in [0.25, 0.3) is 9.05 Å². The van der Waals surface area contributed by atoms with E-state index in [-0.39, 0.29) is 26.9 Å². The molecule has 16 heteroatoms. The van der Waals surface area contributed by atoms with Gasteiger partial charge in [-0.05, 0) is 49.2 Å². The van der Waals surface area contributed by atoms with E-state index in [9.17, 15) is 34.8 Å². The molecular formula is C28H29ClO12S3. The number of benzene rings is 3. The van der Waals surface area contributed by atoms with Crippen LogP contribution < -0.4 is 9.47 Å². The summed E-state index contributed by atoms with van der Waals surface area (Å²) in [7, 11) is -7.55. The van der Waals surface area contributed by atoms with Crippen LogP contribution in [0.3, 0.4) is 0 Å². The maximum atomic E-state index is 13.0. The number of para-hydroxylation sites is 2. The van der Waals surface area contributed by atoms with Crippen LogP contribution in [0.15, 0.2) is 82.6 Å². The standard InChI is InChI=1S/C28H29ClO12S3/c1-20-9-3-7-13-24(20)42(32,33)16-15-38-26(30)17-39-22-11-5-6-12-23(22)40-18-27(31)41-19-28(44(29,36)37)43(34,35)25-14-8-4-10-21(25)2/h3-14,28H,15-19H2,1-2H3. The zero-order chi connectivity index (χ0) is 32.5. The highest BCUT2D eigenvalue weighted by atomic mass is 35.7. The minimum Gasteiger partial charge on any atom is -0.478 e. The molecule has 3 aromatic rings. The minimum atomic E-state index is -4.73. The van der Waals surface area contributed by atoms with Crippen LogP contribution in [0.4, 0.5) is 0 Å². The molecule has 0 heterocycles. The molecule has 0 N–H and O–H groups in total. The third-order valence-corrected chi connectivity index (χ3v) is 13.0. The lowest BCUT2D eigenvalue weighted by Crippen LogP contribution is -2.34. The lowest BCUT2D eigenvalue weighted by molar-refractivity contribution is -0.146. The average Bonchev–Trinajstić information content (AvgIpc) is 2.94. The summed E-state index contributed by atoms with van der Waals surface area (Å²) in [5.74, 6) is -2.38. The zero-order valence-electron chi connectivity index (χ0n) is 23.5. The quantitative estimate of drug-likeness (QED) is 0.169. The Labute approximate surface area is 260 Å². The Balaban J connectivity index is 1.53. The van der Waals surface area contributed by atoms with E-state index in [0.717, 1.165) is 0 Å². The second kappa shape index (κ2) is 14.9. The molecule has 3 rings (SSSR count). The van der Waals surface area contributed by atoms with Gasteiger partial charge in [0.05, 0.1) is 15.5 Å². The first kappa shape index (κ1) is 34.8. The van der Waals surface area contributed by atoms with Crippen LogP contribution in [0.5, 0.6) is 11.5 Å². The van der Waals surface area contributed by atoms with Gasteiger partial charge in [-0.3, -0.25) is 0 Å². The highest BCUT2D eigenvalue weighted by Crippen LogP contribution is 2.27. The summed E-state index contributed by atoms with van der Waals surface area (Å²) in [6, 6.07) is 18.0. The molecular weight excluding hydrogens is 660 g/mol. The van der Waals surface area contributed by atoms with E-state index < -0.39 is 77.4 Å². The van der Waals surface area contributed by atoms with Gasteiger partial charge in [0, 0.05) is 10.7 Å². The van der Waals surface area contributed by atoms with E-state index in [0.29, 0.717) is 5.56 Å². The summed E-state index contributed by atoms with van der Waals surface area (Å²) in [6.45, 7) is 0.253. The third kappa shape index (κ3) is 9.42. The number of sulfone groups is 2. The van der Waals surface area contributed by atoms with Crippen LogP contribution in [-0.4, -0.2) is 74.0 Å². The predicted octanol–water partition coefficient (Wildman–Crippen LogP) is 2.99. The number of ether oxygens (including phenoxy) is 4. The molecule has 1 atom stereocenters. The van der Waals surface area contributed by atoms with E-state index in [2.05, 4.69) is 0 Å². The second-order valence-electron chi connectivity index (χ2n) is 9.23. The summed E-state index contributed by atoms with van der Waals surface area (Å²) < 4.78 is 93.5. The molecule has 0 aliphatic heterocycles. The van der Waals surface area contributed by atoms with Crippen molar-refractivity contribution in [3.8, 4) is 11.5 Å². The molecule has 1 unspecified atom stereocenters.